The predicted molar refractivity (Wildman–Crippen MR) is 86.9 cm³/mol. The van der Waals surface area contributed by atoms with Crippen molar-refractivity contribution in [2.75, 3.05) is 12.8 Å². The fraction of sp³-hybridized carbons (Fsp3) is 0.0625. The molecule has 0 bridgehead atoms. The first-order valence-electron chi connectivity index (χ1n) is 6.33. The van der Waals surface area contributed by atoms with Crippen LogP contribution >= 0.6 is 15.9 Å². The first-order chi connectivity index (χ1) is 10.2. The van der Waals surface area contributed by atoms with Crippen LogP contribution in [0.2, 0.25) is 0 Å². The van der Waals surface area contributed by atoms with Gasteiger partial charge in [-0.1, -0.05) is 15.9 Å². The van der Waals surface area contributed by atoms with Crippen LogP contribution in [0, 0.1) is 0 Å². The number of methoxy groups -OCH3 is 1. The third-order valence-corrected chi connectivity index (χ3v) is 3.61. The summed E-state index contributed by atoms with van der Waals surface area (Å²) >= 11 is 3.37. The van der Waals surface area contributed by atoms with E-state index in [9.17, 15) is 0 Å². The molecule has 106 valence electrons. The SMILES string of the molecule is COc1ccc2c(Oc3ccc(Br)cc3N)nccc2c1. The van der Waals surface area contributed by atoms with E-state index in [1.165, 1.54) is 0 Å². The van der Waals surface area contributed by atoms with Crippen molar-refractivity contribution in [2.24, 2.45) is 0 Å². The average Bonchev–Trinajstić information content (AvgIpc) is 2.49. The number of halogens is 1. The van der Waals surface area contributed by atoms with Gasteiger partial charge in [-0.05, 0) is 47.9 Å². The number of aromatic nitrogens is 1. The van der Waals surface area contributed by atoms with Crippen LogP contribution < -0.4 is 15.2 Å². The monoisotopic (exact) mass is 344 g/mol. The van der Waals surface area contributed by atoms with Crippen molar-refractivity contribution in [3.8, 4) is 17.4 Å². The number of hydrogen-bond donors (Lipinski definition) is 1. The maximum Gasteiger partial charge on any atom is 0.227 e. The molecule has 0 radical (unpaired) electrons. The summed E-state index contributed by atoms with van der Waals surface area (Å²) in [7, 11) is 1.64. The van der Waals surface area contributed by atoms with Gasteiger partial charge in [0, 0.05) is 16.1 Å². The molecule has 0 atom stereocenters. The summed E-state index contributed by atoms with van der Waals surface area (Å²) in [6.07, 6.45) is 1.70. The number of ether oxygens (including phenoxy) is 2. The lowest BCUT2D eigenvalue weighted by atomic mass is 10.1. The molecule has 0 amide bonds. The Morgan fingerprint density at radius 2 is 1.95 bits per heavy atom. The molecule has 21 heavy (non-hydrogen) atoms. The van der Waals surface area contributed by atoms with Crippen molar-refractivity contribution in [3.05, 3.63) is 53.1 Å². The number of fused-ring (bicyclic) bond motifs is 1. The molecular weight excluding hydrogens is 332 g/mol. The summed E-state index contributed by atoms with van der Waals surface area (Å²) in [4.78, 5) is 4.29. The van der Waals surface area contributed by atoms with Crippen molar-refractivity contribution >= 4 is 32.4 Å². The topological polar surface area (TPSA) is 57.4 Å². The fourth-order valence-corrected chi connectivity index (χ4v) is 2.43. The van der Waals surface area contributed by atoms with Gasteiger partial charge in [0.15, 0.2) is 5.75 Å². The maximum absolute atomic E-state index is 5.96. The summed E-state index contributed by atoms with van der Waals surface area (Å²) in [6, 6.07) is 13.1. The fourth-order valence-electron chi connectivity index (χ4n) is 2.05. The first-order valence-corrected chi connectivity index (χ1v) is 7.12. The molecule has 0 aliphatic carbocycles. The summed E-state index contributed by atoms with van der Waals surface area (Å²) in [5.41, 5.74) is 6.51. The number of anilines is 1. The van der Waals surface area contributed by atoms with E-state index in [4.69, 9.17) is 15.2 Å². The Morgan fingerprint density at radius 1 is 1.10 bits per heavy atom. The van der Waals surface area contributed by atoms with Crippen LogP contribution in [0.4, 0.5) is 5.69 Å². The molecule has 0 spiro atoms. The number of benzene rings is 2. The molecular formula is C16H13BrN2O2. The van der Waals surface area contributed by atoms with Gasteiger partial charge in [0.2, 0.25) is 5.88 Å². The van der Waals surface area contributed by atoms with E-state index in [1.807, 2.05) is 36.4 Å². The smallest absolute Gasteiger partial charge is 0.227 e. The van der Waals surface area contributed by atoms with Gasteiger partial charge in [-0.2, -0.15) is 0 Å². The van der Waals surface area contributed by atoms with Gasteiger partial charge < -0.3 is 15.2 Å². The van der Waals surface area contributed by atoms with Gasteiger partial charge in [-0.15, -0.1) is 0 Å². The van der Waals surface area contributed by atoms with Crippen LogP contribution in [0.5, 0.6) is 17.4 Å². The summed E-state index contributed by atoms with van der Waals surface area (Å²) < 4.78 is 12.0. The number of hydrogen-bond acceptors (Lipinski definition) is 4. The lowest BCUT2D eigenvalue weighted by molar-refractivity contribution is 0.415. The van der Waals surface area contributed by atoms with Crippen LogP contribution in [0.1, 0.15) is 0 Å². The average molecular weight is 345 g/mol. The van der Waals surface area contributed by atoms with Gasteiger partial charge in [0.25, 0.3) is 0 Å². The minimum absolute atomic E-state index is 0.518. The molecule has 3 aromatic rings. The Morgan fingerprint density at radius 3 is 2.71 bits per heavy atom. The van der Waals surface area contributed by atoms with E-state index in [1.54, 1.807) is 19.4 Å². The Kier molecular flexibility index (Phi) is 3.66. The third-order valence-electron chi connectivity index (χ3n) is 3.11. The Bertz CT molecular complexity index is 805. The summed E-state index contributed by atoms with van der Waals surface area (Å²) in [5.74, 6) is 1.89. The predicted octanol–water partition coefficient (Wildman–Crippen LogP) is 4.38. The van der Waals surface area contributed by atoms with Crippen LogP contribution in [-0.4, -0.2) is 12.1 Å². The van der Waals surface area contributed by atoms with Crippen LogP contribution in [-0.2, 0) is 0 Å². The van der Waals surface area contributed by atoms with Crippen LogP contribution in [0.15, 0.2) is 53.1 Å². The van der Waals surface area contributed by atoms with Crippen molar-refractivity contribution in [1.82, 2.24) is 4.98 Å². The molecule has 2 aromatic carbocycles. The van der Waals surface area contributed by atoms with E-state index in [0.29, 0.717) is 17.3 Å². The molecule has 0 fully saturated rings. The van der Waals surface area contributed by atoms with Crippen LogP contribution in [0.25, 0.3) is 10.8 Å². The highest BCUT2D eigenvalue weighted by molar-refractivity contribution is 9.10. The Labute approximate surface area is 130 Å². The number of nitrogens with two attached hydrogens (primary N) is 1. The zero-order valence-corrected chi connectivity index (χ0v) is 12.9. The van der Waals surface area contributed by atoms with Crippen molar-refractivity contribution in [3.63, 3.8) is 0 Å². The zero-order valence-electron chi connectivity index (χ0n) is 11.3. The van der Waals surface area contributed by atoms with Crippen molar-refractivity contribution < 1.29 is 9.47 Å². The highest BCUT2D eigenvalue weighted by Gasteiger charge is 2.08. The summed E-state index contributed by atoms with van der Waals surface area (Å²) in [6.45, 7) is 0. The molecule has 3 rings (SSSR count). The zero-order chi connectivity index (χ0) is 14.8. The van der Waals surface area contributed by atoms with Gasteiger partial charge >= 0.3 is 0 Å². The second kappa shape index (κ2) is 5.61. The maximum atomic E-state index is 5.96. The van der Waals surface area contributed by atoms with Gasteiger partial charge in [-0.25, -0.2) is 4.98 Å². The normalized spacial score (nSPS) is 10.6. The minimum atomic E-state index is 0.518. The second-order valence-corrected chi connectivity index (χ2v) is 5.40. The molecule has 0 saturated heterocycles. The van der Waals surface area contributed by atoms with E-state index in [-0.39, 0.29) is 0 Å². The first kappa shape index (κ1) is 13.7. The van der Waals surface area contributed by atoms with E-state index < -0.39 is 0 Å². The van der Waals surface area contributed by atoms with Crippen LogP contribution in [0.3, 0.4) is 0 Å². The molecule has 0 unspecified atom stereocenters. The second-order valence-electron chi connectivity index (χ2n) is 4.49. The van der Waals surface area contributed by atoms with Crippen molar-refractivity contribution in [2.45, 2.75) is 0 Å². The molecule has 0 saturated carbocycles. The number of pyridine rings is 1. The molecule has 1 heterocycles. The quantitative estimate of drug-likeness (QED) is 0.716. The van der Waals surface area contributed by atoms with Crippen molar-refractivity contribution in [1.29, 1.82) is 0 Å². The number of rotatable bonds is 3. The van der Waals surface area contributed by atoms with E-state index >= 15 is 0 Å². The van der Waals surface area contributed by atoms with Gasteiger partial charge in [0.1, 0.15) is 5.75 Å². The highest BCUT2D eigenvalue weighted by Crippen LogP contribution is 2.33. The molecule has 5 heteroatoms. The number of nitrogens with zero attached hydrogens (tertiary/aromatic N) is 1. The lowest BCUT2D eigenvalue weighted by Gasteiger charge is -2.10. The lowest BCUT2D eigenvalue weighted by Crippen LogP contribution is -1.94. The Balaban J connectivity index is 2.04. The molecule has 2 N–H and O–H groups in total. The molecule has 0 aliphatic heterocycles. The standard InChI is InChI=1S/C16H13BrN2O2/c1-20-12-3-4-13-10(8-12)6-7-19-16(13)21-15-5-2-11(17)9-14(15)18/h2-9H,18H2,1H3. The third kappa shape index (κ3) is 2.78. The summed E-state index contributed by atoms with van der Waals surface area (Å²) in [5, 5.41) is 1.90. The van der Waals surface area contributed by atoms with E-state index in [2.05, 4.69) is 20.9 Å². The number of nitrogen functional groups attached to an aromatic ring is 1. The Hall–Kier alpha value is -2.27. The minimum Gasteiger partial charge on any atom is -0.497 e. The highest BCUT2D eigenvalue weighted by atomic mass is 79.9. The van der Waals surface area contributed by atoms with Gasteiger partial charge in [0.05, 0.1) is 12.8 Å². The van der Waals surface area contributed by atoms with E-state index in [0.717, 1.165) is 21.0 Å². The van der Waals surface area contributed by atoms with Gasteiger partial charge in [-0.3, -0.25) is 0 Å². The molecule has 0 aliphatic rings. The molecule has 4 nitrogen and oxygen atoms in total. The molecule has 1 aromatic heterocycles. The largest absolute Gasteiger partial charge is 0.497 e.